The summed E-state index contributed by atoms with van der Waals surface area (Å²) < 4.78 is 28.1. The van der Waals surface area contributed by atoms with Crippen molar-refractivity contribution >= 4 is 21.6 Å². The lowest BCUT2D eigenvalue weighted by atomic mass is 10.0. The number of benzene rings is 2. The molecule has 0 saturated carbocycles. The number of anilines is 1. The summed E-state index contributed by atoms with van der Waals surface area (Å²) >= 11 is 3.44. The average Bonchev–Trinajstić information content (AvgIpc) is 2.36. The van der Waals surface area contributed by atoms with Gasteiger partial charge in [0.1, 0.15) is 0 Å². The normalized spacial score (nSPS) is 12.3. The van der Waals surface area contributed by atoms with E-state index in [9.17, 15) is 8.78 Å². The van der Waals surface area contributed by atoms with Crippen LogP contribution in [-0.4, -0.2) is 0 Å². The molecule has 0 fully saturated rings. The third kappa shape index (κ3) is 3.01. The first-order chi connectivity index (χ1) is 9.40. The second-order valence-corrected chi connectivity index (χ2v) is 5.84. The largest absolute Gasteiger partial charge is 0.378 e. The predicted molar refractivity (Wildman–Crippen MR) is 82.0 cm³/mol. The van der Waals surface area contributed by atoms with Gasteiger partial charge in [0, 0.05) is 15.7 Å². The molecule has 4 heteroatoms. The minimum absolute atomic E-state index is 0.315. The molecule has 0 aliphatic heterocycles. The molecule has 0 amide bonds. The maximum Gasteiger partial charge on any atom is 0.164 e. The molecule has 0 spiro atoms. The maximum absolute atomic E-state index is 13.8. The summed E-state index contributed by atoms with van der Waals surface area (Å²) in [7, 11) is 0. The SMILES string of the molecule is Cc1cc(Br)cc(C)c1NC(C)c1cccc(F)c1F. The van der Waals surface area contributed by atoms with Gasteiger partial charge in [-0.1, -0.05) is 28.1 Å². The molecule has 2 aromatic carbocycles. The molecule has 0 saturated heterocycles. The van der Waals surface area contributed by atoms with Crippen molar-refractivity contribution in [2.75, 3.05) is 5.32 Å². The Bertz CT molecular complexity index is 617. The standard InChI is InChI=1S/C16H16BrF2N/c1-9-7-12(17)8-10(2)16(9)20-11(3)13-5-4-6-14(18)15(13)19/h4-8,11,20H,1-3H3. The first-order valence-corrected chi connectivity index (χ1v) is 7.16. The van der Waals surface area contributed by atoms with E-state index in [4.69, 9.17) is 0 Å². The fourth-order valence-corrected chi connectivity index (χ4v) is 2.97. The van der Waals surface area contributed by atoms with Gasteiger partial charge in [0.05, 0.1) is 6.04 Å². The molecular formula is C16H16BrF2N. The molecule has 20 heavy (non-hydrogen) atoms. The van der Waals surface area contributed by atoms with E-state index in [0.29, 0.717) is 5.56 Å². The minimum atomic E-state index is -0.819. The van der Waals surface area contributed by atoms with E-state index in [2.05, 4.69) is 21.2 Å². The minimum Gasteiger partial charge on any atom is -0.378 e. The van der Waals surface area contributed by atoms with Gasteiger partial charge in [-0.2, -0.15) is 0 Å². The zero-order valence-corrected chi connectivity index (χ0v) is 13.2. The smallest absolute Gasteiger partial charge is 0.164 e. The van der Waals surface area contributed by atoms with Crippen molar-refractivity contribution in [2.45, 2.75) is 26.8 Å². The number of hydrogen-bond acceptors (Lipinski definition) is 1. The summed E-state index contributed by atoms with van der Waals surface area (Å²) in [6.45, 7) is 5.78. The molecule has 1 N–H and O–H groups in total. The Morgan fingerprint density at radius 3 is 2.30 bits per heavy atom. The summed E-state index contributed by atoms with van der Waals surface area (Å²) in [6.07, 6.45) is 0. The lowest BCUT2D eigenvalue weighted by molar-refractivity contribution is 0.494. The first-order valence-electron chi connectivity index (χ1n) is 6.37. The van der Waals surface area contributed by atoms with Crippen molar-refractivity contribution < 1.29 is 8.78 Å². The van der Waals surface area contributed by atoms with E-state index in [1.165, 1.54) is 6.07 Å². The Kier molecular flexibility index (Phi) is 4.43. The van der Waals surface area contributed by atoms with Crippen LogP contribution in [0.2, 0.25) is 0 Å². The van der Waals surface area contributed by atoms with Crippen molar-refractivity contribution in [2.24, 2.45) is 0 Å². The van der Waals surface area contributed by atoms with Crippen molar-refractivity contribution in [3.63, 3.8) is 0 Å². The van der Waals surface area contributed by atoms with Crippen LogP contribution >= 0.6 is 15.9 Å². The van der Waals surface area contributed by atoms with Gasteiger partial charge in [-0.15, -0.1) is 0 Å². The molecule has 0 radical (unpaired) electrons. The highest BCUT2D eigenvalue weighted by molar-refractivity contribution is 9.10. The van der Waals surface area contributed by atoms with E-state index in [1.54, 1.807) is 6.07 Å². The molecule has 1 nitrogen and oxygen atoms in total. The number of rotatable bonds is 3. The quantitative estimate of drug-likeness (QED) is 0.776. The zero-order chi connectivity index (χ0) is 14.9. The molecule has 0 aromatic heterocycles. The summed E-state index contributed by atoms with van der Waals surface area (Å²) in [5.74, 6) is -1.61. The molecule has 106 valence electrons. The summed E-state index contributed by atoms with van der Waals surface area (Å²) in [5.41, 5.74) is 3.39. The van der Waals surface area contributed by atoms with Crippen LogP contribution in [0.5, 0.6) is 0 Å². The second kappa shape index (κ2) is 5.92. The molecule has 1 unspecified atom stereocenters. The molecule has 0 bridgehead atoms. The lowest BCUT2D eigenvalue weighted by Gasteiger charge is -2.20. The van der Waals surface area contributed by atoms with E-state index >= 15 is 0 Å². The molecule has 0 aliphatic rings. The summed E-state index contributed by atoms with van der Waals surface area (Å²) in [6, 6.07) is 7.91. The van der Waals surface area contributed by atoms with Crippen LogP contribution < -0.4 is 5.32 Å². The molecule has 2 rings (SSSR count). The summed E-state index contributed by atoms with van der Waals surface area (Å²) in [4.78, 5) is 0. The van der Waals surface area contributed by atoms with E-state index < -0.39 is 11.6 Å². The van der Waals surface area contributed by atoms with E-state index in [-0.39, 0.29) is 6.04 Å². The highest BCUT2D eigenvalue weighted by Gasteiger charge is 2.15. The molecular weight excluding hydrogens is 324 g/mol. The van der Waals surface area contributed by atoms with Crippen molar-refractivity contribution in [3.05, 3.63) is 63.1 Å². The first kappa shape index (κ1) is 15.0. The third-order valence-electron chi connectivity index (χ3n) is 3.31. The van der Waals surface area contributed by atoms with E-state index in [0.717, 1.165) is 27.4 Å². The fraction of sp³-hybridized carbons (Fsp3) is 0.250. The third-order valence-corrected chi connectivity index (χ3v) is 3.76. The van der Waals surface area contributed by atoms with Gasteiger partial charge in [-0.25, -0.2) is 8.78 Å². The Morgan fingerprint density at radius 2 is 1.70 bits per heavy atom. The Balaban J connectivity index is 2.33. The lowest BCUT2D eigenvalue weighted by Crippen LogP contribution is -2.11. The fourth-order valence-electron chi connectivity index (χ4n) is 2.29. The highest BCUT2D eigenvalue weighted by Crippen LogP contribution is 2.29. The topological polar surface area (TPSA) is 12.0 Å². The van der Waals surface area contributed by atoms with Crippen LogP contribution in [0.3, 0.4) is 0 Å². The Morgan fingerprint density at radius 1 is 1.10 bits per heavy atom. The molecule has 1 atom stereocenters. The number of nitrogens with one attached hydrogen (secondary N) is 1. The van der Waals surface area contributed by atoms with E-state index in [1.807, 2.05) is 32.9 Å². The molecule has 0 heterocycles. The van der Waals surface area contributed by atoms with Crippen LogP contribution in [0.4, 0.5) is 14.5 Å². The van der Waals surface area contributed by atoms with Gasteiger partial charge < -0.3 is 5.32 Å². The number of hydrogen-bond donors (Lipinski definition) is 1. The van der Waals surface area contributed by atoms with Gasteiger partial charge in [-0.3, -0.25) is 0 Å². The Labute approximate surface area is 126 Å². The van der Waals surface area contributed by atoms with Crippen LogP contribution in [0.25, 0.3) is 0 Å². The zero-order valence-electron chi connectivity index (χ0n) is 11.6. The van der Waals surface area contributed by atoms with Gasteiger partial charge in [0.25, 0.3) is 0 Å². The highest BCUT2D eigenvalue weighted by atomic mass is 79.9. The van der Waals surface area contributed by atoms with Crippen molar-refractivity contribution in [1.29, 1.82) is 0 Å². The summed E-state index contributed by atoms with van der Waals surface area (Å²) in [5, 5.41) is 3.26. The van der Waals surface area contributed by atoms with Gasteiger partial charge in [-0.05, 0) is 50.1 Å². The van der Waals surface area contributed by atoms with Gasteiger partial charge >= 0.3 is 0 Å². The van der Waals surface area contributed by atoms with Crippen LogP contribution in [0, 0.1) is 25.5 Å². The van der Waals surface area contributed by atoms with Crippen LogP contribution in [0.15, 0.2) is 34.8 Å². The number of aryl methyl sites for hydroxylation is 2. The van der Waals surface area contributed by atoms with Gasteiger partial charge in [0.15, 0.2) is 11.6 Å². The van der Waals surface area contributed by atoms with Crippen molar-refractivity contribution in [1.82, 2.24) is 0 Å². The number of halogens is 3. The predicted octanol–water partition coefficient (Wildman–Crippen LogP) is 5.52. The van der Waals surface area contributed by atoms with Crippen LogP contribution in [0.1, 0.15) is 29.7 Å². The van der Waals surface area contributed by atoms with Crippen LogP contribution in [-0.2, 0) is 0 Å². The Hall–Kier alpha value is -1.42. The molecule has 0 aliphatic carbocycles. The monoisotopic (exact) mass is 339 g/mol. The van der Waals surface area contributed by atoms with Crippen molar-refractivity contribution in [3.8, 4) is 0 Å². The second-order valence-electron chi connectivity index (χ2n) is 4.92. The van der Waals surface area contributed by atoms with Gasteiger partial charge in [0.2, 0.25) is 0 Å². The average molecular weight is 340 g/mol. The maximum atomic E-state index is 13.8. The molecule has 2 aromatic rings.